The first-order valence-corrected chi connectivity index (χ1v) is 10.3. The molecule has 0 fully saturated rings. The van der Waals surface area contributed by atoms with Gasteiger partial charge >= 0.3 is 5.97 Å². The van der Waals surface area contributed by atoms with E-state index in [2.05, 4.69) is 15.4 Å². The van der Waals surface area contributed by atoms with Crippen LogP contribution in [0.2, 0.25) is 0 Å². The standard InChI is InChI=1S/C17H19N3O6S2/c1-11(21)18-12-4-6-13(7-5-12)28(24,25)20(2)10-15(22)19-16-14(8-9-27-16)17(23)26-3/h4-9H,10H2,1-3H3,(H,18,21)(H,19,22). The largest absolute Gasteiger partial charge is 0.465 e. The third-order valence-electron chi connectivity index (χ3n) is 3.57. The van der Waals surface area contributed by atoms with Crippen LogP contribution in [0.1, 0.15) is 17.3 Å². The molecule has 0 aliphatic rings. The van der Waals surface area contributed by atoms with Crippen molar-refractivity contribution in [3.8, 4) is 0 Å². The predicted octanol–water partition coefficient (Wildman–Crippen LogP) is 1.75. The van der Waals surface area contributed by atoms with Crippen molar-refractivity contribution in [3.63, 3.8) is 0 Å². The van der Waals surface area contributed by atoms with Crippen molar-refractivity contribution in [2.45, 2.75) is 11.8 Å². The Hall–Kier alpha value is -2.76. The monoisotopic (exact) mass is 425 g/mol. The molecule has 2 amide bonds. The Morgan fingerprint density at radius 2 is 1.75 bits per heavy atom. The third kappa shape index (κ3) is 5.15. The van der Waals surface area contributed by atoms with Crippen LogP contribution in [0.5, 0.6) is 0 Å². The van der Waals surface area contributed by atoms with E-state index in [1.54, 1.807) is 5.38 Å². The maximum Gasteiger partial charge on any atom is 0.340 e. The lowest BCUT2D eigenvalue weighted by molar-refractivity contribution is -0.116. The van der Waals surface area contributed by atoms with Crippen LogP contribution in [0, 0.1) is 0 Å². The molecule has 0 saturated heterocycles. The van der Waals surface area contributed by atoms with Crippen molar-refractivity contribution in [2.75, 3.05) is 31.3 Å². The second-order valence-electron chi connectivity index (χ2n) is 5.67. The van der Waals surface area contributed by atoms with E-state index >= 15 is 0 Å². The summed E-state index contributed by atoms with van der Waals surface area (Å²) in [7, 11) is -1.42. The zero-order valence-corrected chi connectivity index (χ0v) is 17.0. The number of likely N-dealkylation sites (N-methyl/N-ethyl adjacent to an activating group) is 1. The highest BCUT2D eigenvalue weighted by atomic mass is 32.2. The predicted molar refractivity (Wildman–Crippen MR) is 105 cm³/mol. The molecule has 0 bridgehead atoms. The highest BCUT2D eigenvalue weighted by molar-refractivity contribution is 7.89. The SMILES string of the molecule is COC(=O)c1ccsc1NC(=O)CN(C)S(=O)(=O)c1ccc(NC(C)=O)cc1. The molecule has 0 spiro atoms. The van der Waals surface area contributed by atoms with E-state index in [0.717, 1.165) is 15.6 Å². The number of ether oxygens (including phenoxy) is 1. The van der Waals surface area contributed by atoms with Gasteiger partial charge in [-0.1, -0.05) is 0 Å². The molecule has 1 heterocycles. The summed E-state index contributed by atoms with van der Waals surface area (Å²) in [6.07, 6.45) is 0. The molecule has 2 N–H and O–H groups in total. The fraction of sp³-hybridized carbons (Fsp3) is 0.235. The number of amides is 2. The molecule has 0 unspecified atom stereocenters. The van der Waals surface area contributed by atoms with Gasteiger partial charge in [0, 0.05) is 19.7 Å². The molecule has 9 nitrogen and oxygen atoms in total. The minimum atomic E-state index is -3.92. The first-order chi connectivity index (χ1) is 13.1. The number of carbonyl (C=O) groups excluding carboxylic acids is 3. The quantitative estimate of drug-likeness (QED) is 0.652. The van der Waals surface area contributed by atoms with Gasteiger partial charge < -0.3 is 15.4 Å². The van der Waals surface area contributed by atoms with Crippen LogP contribution >= 0.6 is 11.3 Å². The van der Waals surface area contributed by atoms with Gasteiger partial charge in [0.1, 0.15) is 5.00 Å². The molecule has 2 aromatic rings. The van der Waals surface area contributed by atoms with E-state index in [1.807, 2.05) is 0 Å². The molecule has 150 valence electrons. The molecule has 28 heavy (non-hydrogen) atoms. The van der Waals surface area contributed by atoms with Gasteiger partial charge in [-0.3, -0.25) is 9.59 Å². The second-order valence-corrected chi connectivity index (χ2v) is 8.63. The van der Waals surface area contributed by atoms with Gasteiger partial charge in [-0.05, 0) is 35.7 Å². The molecule has 11 heteroatoms. The Bertz CT molecular complexity index is 983. The van der Waals surface area contributed by atoms with Crippen LogP contribution in [-0.2, 0) is 24.3 Å². The van der Waals surface area contributed by atoms with Crippen LogP contribution < -0.4 is 10.6 Å². The van der Waals surface area contributed by atoms with E-state index < -0.39 is 28.4 Å². The fourth-order valence-corrected chi connectivity index (χ4v) is 4.14. The molecule has 0 aliphatic carbocycles. The van der Waals surface area contributed by atoms with Crippen LogP contribution in [0.3, 0.4) is 0 Å². The summed E-state index contributed by atoms with van der Waals surface area (Å²) >= 11 is 1.12. The smallest absolute Gasteiger partial charge is 0.340 e. The third-order valence-corrected chi connectivity index (χ3v) is 6.22. The number of thiophene rings is 1. The van der Waals surface area contributed by atoms with E-state index in [-0.39, 0.29) is 21.4 Å². The number of hydrogen-bond donors (Lipinski definition) is 2. The fourth-order valence-electron chi connectivity index (χ4n) is 2.22. The first-order valence-electron chi connectivity index (χ1n) is 7.94. The maximum atomic E-state index is 12.6. The summed E-state index contributed by atoms with van der Waals surface area (Å²) in [4.78, 5) is 34.9. The van der Waals surface area contributed by atoms with Crippen molar-refractivity contribution in [1.82, 2.24) is 4.31 Å². The average molecular weight is 425 g/mol. The summed E-state index contributed by atoms with van der Waals surface area (Å²) in [5, 5.41) is 6.95. The van der Waals surface area contributed by atoms with Crippen LogP contribution in [0.25, 0.3) is 0 Å². The highest BCUT2D eigenvalue weighted by Gasteiger charge is 2.24. The summed E-state index contributed by atoms with van der Waals surface area (Å²) in [5.41, 5.74) is 0.653. The lowest BCUT2D eigenvalue weighted by Crippen LogP contribution is -2.35. The highest BCUT2D eigenvalue weighted by Crippen LogP contribution is 2.24. The number of benzene rings is 1. The molecular formula is C17H19N3O6S2. The van der Waals surface area contributed by atoms with Gasteiger partial charge in [0.25, 0.3) is 0 Å². The van der Waals surface area contributed by atoms with Crippen molar-refractivity contribution in [2.24, 2.45) is 0 Å². The van der Waals surface area contributed by atoms with Gasteiger partial charge in [0.05, 0.1) is 24.1 Å². The van der Waals surface area contributed by atoms with Crippen LogP contribution in [0.15, 0.2) is 40.6 Å². The van der Waals surface area contributed by atoms with Gasteiger partial charge in [0.15, 0.2) is 0 Å². The number of methoxy groups -OCH3 is 1. The zero-order valence-electron chi connectivity index (χ0n) is 15.4. The Kier molecular flexibility index (Phi) is 6.89. The molecular weight excluding hydrogens is 406 g/mol. The summed E-state index contributed by atoms with van der Waals surface area (Å²) in [6, 6.07) is 7.09. The molecule has 0 aliphatic heterocycles. The molecule has 1 aromatic heterocycles. The number of esters is 1. The molecule has 0 atom stereocenters. The van der Waals surface area contributed by atoms with Crippen molar-refractivity contribution in [1.29, 1.82) is 0 Å². The Morgan fingerprint density at radius 1 is 1.11 bits per heavy atom. The lowest BCUT2D eigenvalue weighted by atomic mass is 10.3. The Morgan fingerprint density at radius 3 is 2.32 bits per heavy atom. The number of rotatable bonds is 7. The van der Waals surface area contributed by atoms with Gasteiger partial charge in [0.2, 0.25) is 21.8 Å². The number of sulfonamides is 1. The minimum Gasteiger partial charge on any atom is -0.465 e. The normalized spacial score (nSPS) is 11.1. The van der Waals surface area contributed by atoms with Crippen molar-refractivity contribution < 1.29 is 27.5 Å². The Balaban J connectivity index is 2.07. The number of hydrogen-bond acceptors (Lipinski definition) is 7. The van der Waals surface area contributed by atoms with Gasteiger partial charge in [-0.25, -0.2) is 13.2 Å². The molecule has 1 aromatic carbocycles. The maximum absolute atomic E-state index is 12.6. The summed E-state index contributed by atoms with van der Waals surface area (Å²) in [5.74, 6) is -1.48. The van der Waals surface area contributed by atoms with Crippen molar-refractivity contribution in [3.05, 3.63) is 41.3 Å². The lowest BCUT2D eigenvalue weighted by Gasteiger charge is -2.17. The van der Waals surface area contributed by atoms with Gasteiger partial charge in [-0.15, -0.1) is 11.3 Å². The number of anilines is 2. The molecule has 0 saturated carbocycles. The average Bonchev–Trinajstić information content (AvgIpc) is 3.08. The first kappa shape index (κ1) is 21.5. The van der Waals surface area contributed by atoms with E-state index in [1.165, 1.54) is 51.4 Å². The van der Waals surface area contributed by atoms with E-state index in [4.69, 9.17) is 0 Å². The molecule has 0 radical (unpaired) electrons. The van der Waals surface area contributed by atoms with Crippen molar-refractivity contribution >= 4 is 49.8 Å². The van der Waals surface area contributed by atoms with Gasteiger partial charge in [-0.2, -0.15) is 4.31 Å². The van der Waals surface area contributed by atoms with E-state index in [9.17, 15) is 22.8 Å². The topological polar surface area (TPSA) is 122 Å². The van der Waals surface area contributed by atoms with Crippen LogP contribution in [-0.4, -0.2) is 51.2 Å². The summed E-state index contributed by atoms with van der Waals surface area (Å²) < 4.78 is 30.7. The molecule has 2 rings (SSSR count). The van der Waals surface area contributed by atoms with E-state index in [0.29, 0.717) is 5.69 Å². The summed E-state index contributed by atoms with van der Waals surface area (Å²) in [6.45, 7) is 0.893. The Labute approximate surface area is 166 Å². The minimum absolute atomic E-state index is 0.0247. The van der Waals surface area contributed by atoms with Crippen LogP contribution in [0.4, 0.5) is 10.7 Å². The number of nitrogens with zero attached hydrogens (tertiary/aromatic N) is 1. The number of nitrogens with one attached hydrogen (secondary N) is 2. The second kappa shape index (κ2) is 8.95. The number of carbonyl (C=O) groups is 3. The zero-order chi connectivity index (χ0) is 20.9.